The summed E-state index contributed by atoms with van der Waals surface area (Å²) in [5, 5.41) is 0. The van der Waals surface area contributed by atoms with Crippen LogP contribution in [0.5, 0.6) is 0 Å². The first kappa shape index (κ1) is 20.3. The van der Waals surface area contributed by atoms with E-state index in [1.807, 2.05) is 30.3 Å². The molecule has 0 N–H and O–H groups in total. The molecule has 0 radical (unpaired) electrons. The maximum absolute atomic E-state index is 13.5. The molecule has 0 bridgehead atoms. The maximum atomic E-state index is 13.5. The first-order chi connectivity index (χ1) is 14.1. The van der Waals surface area contributed by atoms with Crippen molar-refractivity contribution in [2.24, 2.45) is 23.2 Å². The standard InChI is InChI=1S/C22H26O7/c1-3-17(25)22-15(11-24)9-14(10-23)18(22)21(26-2)28-16-12-27-20(29-19(16)22)13-7-5-4-6-8-13/h4-8,10-11,14-16,18-21H,3,9,12H2,1-2H3/t14-,15+,16-,18-,19-,20-,21+,22+/m1/s1. The van der Waals surface area contributed by atoms with Gasteiger partial charge in [-0.1, -0.05) is 37.3 Å². The van der Waals surface area contributed by atoms with Crippen LogP contribution in [0.25, 0.3) is 0 Å². The molecule has 1 aromatic rings. The summed E-state index contributed by atoms with van der Waals surface area (Å²) in [4.78, 5) is 37.5. The van der Waals surface area contributed by atoms with Crippen molar-refractivity contribution in [2.45, 2.75) is 44.6 Å². The third-order valence-electron chi connectivity index (χ3n) is 6.69. The highest BCUT2D eigenvalue weighted by Crippen LogP contribution is 2.60. The number of aldehydes is 2. The molecule has 4 rings (SSSR count). The average Bonchev–Trinajstić information content (AvgIpc) is 3.14. The van der Waals surface area contributed by atoms with E-state index in [2.05, 4.69) is 0 Å². The van der Waals surface area contributed by atoms with Gasteiger partial charge in [-0.15, -0.1) is 0 Å². The molecule has 1 saturated carbocycles. The molecule has 29 heavy (non-hydrogen) atoms. The Kier molecular flexibility index (Phi) is 5.66. The summed E-state index contributed by atoms with van der Waals surface area (Å²) in [7, 11) is 1.49. The Bertz CT molecular complexity index is 766. The van der Waals surface area contributed by atoms with Crippen LogP contribution in [0.4, 0.5) is 0 Å². The number of ether oxygens (including phenoxy) is 4. The first-order valence-corrected chi connectivity index (χ1v) is 10.1. The zero-order chi connectivity index (χ0) is 20.6. The van der Waals surface area contributed by atoms with Gasteiger partial charge in [-0.3, -0.25) is 4.79 Å². The minimum atomic E-state index is -1.18. The van der Waals surface area contributed by atoms with E-state index in [9.17, 15) is 14.4 Å². The fourth-order valence-electron chi connectivity index (χ4n) is 5.53. The van der Waals surface area contributed by atoms with Crippen molar-refractivity contribution in [3.8, 4) is 0 Å². The Morgan fingerprint density at radius 3 is 2.59 bits per heavy atom. The molecule has 156 valence electrons. The van der Waals surface area contributed by atoms with Crippen molar-refractivity contribution >= 4 is 18.4 Å². The van der Waals surface area contributed by atoms with E-state index in [-0.39, 0.29) is 25.2 Å². The van der Waals surface area contributed by atoms with Crippen LogP contribution < -0.4 is 0 Å². The minimum absolute atomic E-state index is 0.0991. The number of hydrogen-bond acceptors (Lipinski definition) is 7. The maximum Gasteiger partial charge on any atom is 0.184 e. The molecule has 2 saturated heterocycles. The second-order valence-electron chi connectivity index (χ2n) is 7.92. The highest BCUT2D eigenvalue weighted by Gasteiger charge is 2.70. The summed E-state index contributed by atoms with van der Waals surface area (Å²) in [6, 6.07) is 9.44. The lowest BCUT2D eigenvalue weighted by Crippen LogP contribution is -2.67. The largest absolute Gasteiger partial charge is 0.356 e. The second-order valence-corrected chi connectivity index (χ2v) is 7.92. The number of fused-ring (bicyclic) bond motifs is 3. The van der Waals surface area contributed by atoms with Gasteiger partial charge in [-0.25, -0.2) is 0 Å². The molecule has 8 atom stereocenters. The second kappa shape index (κ2) is 8.07. The van der Waals surface area contributed by atoms with Crippen LogP contribution in [-0.4, -0.2) is 50.6 Å². The number of hydrogen-bond donors (Lipinski definition) is 0. The smallest absolute Gasteiger partial charge is 0.184 e. The first-order valence-electron chi connectivity index (χ1n) is 10.1. The van der Waals surface area contributed by atoms with Gasteiger partial charge in [0.2, 0.25) is 0 Å². The van der Waals surface area contributed by atoms with Crippen LogP contribution in [0.15, 0.2) is 30.3 Å². The van der Waals surface area contributed by atoms with Crippen LogP contribution >= 0.6 is 0 Å². The zero-order valence-electron chi connectivity index (χ0n) is 16.6. The molecular weight excluding hydrogens is 376 g/mol. The van der Waals surface area contributed by atoms with Gasteiger partial charge in [0.1, 0.15) is 30.6 Å². The predicted octanol–water partition coefficient (Wildman–Crippen LogP) is 2.09. The summed E-state index contributed by atoms with van der Waals surface area (Å²) in [6.07, 6.45) is -0.602. The van der Waals surface area contributed by atoms with Crippen molar-refractivity contribution in [3.63, 3.8) is 0 Å². The molecule has 2 aliphatic heterocycles. The fraction of sp³-hybridized carbons (Fsp3) is 0.591. The molecule has 1 aromatic carbocycles. The summed E-state index contributed by atoms with van der Waals surface area (Å²) in [6.45, 7) is 1.97. The molecule has 0 aromatic heterocycles. The molecule has 2 heterocycles. The molecule has 3 aliphatic rings. The van der Waals surface area contributed by atoms with Gasteiger partial charge in [0.05, 0.1) is 12.0 Å². The Labute approximate surface area is 169 Å². The molecule has 0 amide bonds. The van der Waals surface area contributed by atoms with Gasteiger partial charge in [0.25, 0.3) is 0 Å². The SMILES string of the molecule is CCC(=O)[C@@]12[C@@H]([C@@H](OC)O[C@@H]3CO[C@@H](c4ccccc4)O[C@H]31)[C@@H](C=O)C[C@H]2C=O. The lowest BCUT2D eigenvalue weighted by Gasteiger charge is -2.55. The number of carbonyl (C=O) groups is 3. The van der Waals surface area contributed by atoms with Crippen molar-refractivity contribution in [1.82, 2.24) is 0 Å². The topological polar surface area (TPSA) is 88.1 Å². The number of ketones is 1. The monoisotopic (exact) mass is 402 g/mol. The van der Waals surface area contributed by atoms with E-state index in [4.69, 9.17) is 18.9 Å². The van der Waals surface area contributed by atoms with E-state index in [1.165, 1.54) is 7.11 Å². The van der Waals surface area contributed by atoms with Gasteiger partial charge in [0.15, 0.2) is 12.6 Å². The number of methoxy groups -OCH3 is 1. The quantitative estimate of drug-likeness (QED) is 0.673. The van der Waals surface area contributed by atoms with Gasteiger partial charge in [-0.05, 0) is 6.42 Å². The molecule has 3 fully saturated rings. The predicted molar refractivity (Wildman–Crippen MR) is 101 cm³/mol. The Morgan fingerprint density at radius 1 is 1.21 bits per heavy atom. The third-order valence-corrected chi connectivity index (χ3v) is 6.69. The van der Waals surface area contributed by atoms with Gasteiger partial charge >= 0.3 is 0 Å². The highest BCUT2D eigenvalue weighted by molar-refractivity contribution is 5.90. The number of carbonyl (C=O) groups excluding carboxylic acids is 3. The van der Waals surface area contributed by atoms with Crippen LogP contribution in [0, 0.1) is 23.2 Å². The summed E-state index contributed by atoms with van der Waals surface area (Å²) in [5.41, 5.74) is -0.356. The van der Waals surface area contributed by atoms with Gasteiger partial charge in [-0.2, -0.15) is 0 Å². The van der Waals surface area contributed by atoms with E-state index in [1.54, 1.807) is 6.92 Å². The van der Waals surface area contributed by atoms with Crippen LogP contribution in [-0.2, 0) is 33.3 Å². The van der Waals surface area contributed by atoms with Crippen molar-refractivity contribution in [2.75, 3.05) is 13.7 Å². The lowest BCUT2D eigenvalue weighted by atomic mass is 9.60. The van der Waals surface area contributed by atoms with E-state index < -0.39 is 48.0 Å². The number of Topliss-reactive ketones (excluding diaryl/α,β-unsaturated/α-hetero) is 1. The summed E-state index contributed by atoms with van der Waals surface area (Å²) >= 11 is 0. The third kappa shape index (κ3) is 2.99. The van der Waals surface area contributed by atoms with Gasteiger partial charge in [0, 0.05) is 36.8 Å². The van der Waals surface area contributed by atoms with Crippen LogP contribution in [0.2, 0.25) is 0 Å². The molecule has 0 spiro atoms. The average molecular weight is 402 g/mol. The molecule has 0 unspecified atom stereocenters. The van der Waals surface area contributed by atoms with E-state index >= 15 is 0 Å². The number of benzene rings is 1. The fourth-order valence-corrected chi connectivity index (χ4v) is 5.53. The molecule has 7 heteroatoms. The Hall–Kier alpha value is -1.93. The van der Waals surface area contributed by atoms with Crippen molar-refractivity contribution in [1.29, 1.82) is 0 Å². The van der Waals surface area contributed by atoms with Crippen molar-refractivity contribution < 1.29 is 33.3 Å². The Balaban J connectivity index is 1.81. The van der Waals surface area contributed by atoms with Crippen LogP contribution in [0.1, 0.15) is 31.6 Å². The molecule has 1 aliphatic carbocycles. The zero-order valence-corrected chi connectivity index (χ0v) is 16.6. The highest BCUT2D eigenvalue weighted by atomic mass is 16.7. The summed E-state index contributed by atoms with van der Waals surface area (Å²) in [5.74, 6) is -1.84. The molecular formula is C22H26O7. The summed E-state index contributed by atoms with van der Waals surface area (Å²) < 4.78 is 23.9. The normalized spacial score (nSPS) is 41.2. The van der Waals surface area contributed by atoms with Gasteiger partial charge < -0.3 is 28.5 Å². The van der Waals surface area contributed by atoms with Crippen LogP contribution in [0.3, 0.4) is 0 Å². The minimum Gasteiger partial charge on any atom is -0.356 e. The lowest BCUT2D eigenvalue weighted by molar-refractivity contribution is -0.357. The Morgan fingerprint density at radius 2 is 1.97 bits per heavy atom. The molecule has 7 nitrogen and oxygen atoms in total. The van der Waals surface area contributed by atoms with Crippen molar-refractivity contribution in [3.05, 3.63) is 35.9 Å². The van der Waals surface area contributed by atoms with E-state index in [0.717, 1.165) is 18.1 Å². The van der Waals surface area contributed by atoms with E-state index in [0.29, 0.717) is 0 Å². The number of rotatable bonds is 6.